The second kappa shape index (κ2) is 11.3. The summed E-state index contributed by atoms with van der Waals surface area (Å²) in [6.07, 6.45) is 4.14. The van der Waals surface area contributed by atoms with E-state index in [4.69, 9.17) is 14.3 Å². The molecular weight excluding hydrogens is 404 g/mol. The van der Waals surface area contributed by atoms with Crippen molar-refractivity contribution in [3.63, 3.8) is 0 Å². The summed E-state index contributed by atoms with van der Waals surface area (Å²) in [4.78, 5) is 12.5. The number of guanidine groups is 1. The Hall–Kier alpha value is -2.58. The van der Waals surface area contributed by atoms with Gasteiger partial charge in [-0.25, -0.2) is 0 Å². The standard InChI is InChI=1S/C24H36N6O2/c1-3-25-24(30-15-13-28(14-16-30)19-20-10-17-32-27-20)26-18-22(29-11-6-7-12-29)21-8-4-5-9-23(21)31-2/h4-5,8-10,17,22H,3,6-7,11-16,18-19H2,1-2H3,(H,25,26). The zero-order valence-electron chi connectivity index (χ0n) is 19.4. The van der Waals surface area contributed by atoms with Crippen molar-refractivity contribution in [3.8, 4) is 5.75 Å². The van der Waals surface area contributed by atoms with Gasteiger partial charge in [0.25, 0.3) is 0 Å². The van der Waals surface area contributed by atoms with Gasteiger partial charge >= 0.3 is 0 Å². The van der Waals surface area contributed by atoms with Crippen LogP contribution in [-0.4, -0.2) is 85.3 Å². The molecule has 2 fully saturated rings. The van der Waals surface area contributed by atoms with Crippen LogP contribution >= 0.6 is 0 Å². The summed E-state index contributed by atoms with van der Waals surface area (Å²) >= 11 is 0. The molecule has 1 N–H and O–H groups in total. The Bertz CT molecular complexity index is 842. The average molecular weight is 441 g/mol. The third-order valence-electron chi connectivity index (χ3n) is 6.38. The SMILES string of the molecule is CCNC(=NCC(c1ccccc1OC)N1CCCC1)N1CCN(Cc2ccon2)CC1. The minimum absolute atomic E-state index is 0.232. The third-order valence-corrected chi connectivity index (χ3v) is 6.38. The van der Waals surface area contributed by atoms with Gasteiger partial charge in [-0.05, 0) is 38.9 Å². The molecule has 2 aliphatic rings. The molecule has 1 aromatic heterocycles. The van der Waals surface area contributed by atoms with Crippen molar-refractivity contribution < 1.29 is 9.26 Å². The number of benzene rings is 1. The van der Waals surface area contributed by atoms with E-state index in [1.54, 1.807) is 13.4 Å². The molecule has 2 aromatic rings. The van der Waals surface area contributed by atoms with Gasteiger partial charge < -0.3 is 19.5 Å². The van der Waals surface area contributed by atoms with Crippen molar-refractivity contribution in [1.29, 1.82) is 0 Å². The summed E-state index contributed by atoms with van der Waals surface area (Å²) in [5.41, 5.74) is 2.22. The lowest BCUT2D eigenvalue weighted by molar-refractivity contribution is 0.168. The zero-order chi connectivity index (χ0) is 22.2. The lowest BCUT2D eigenvalue weighted by atomic mass is 10.0. The van der Waals surface area contributed by atoms with Gasteiger partial charge in [-0.2, -0.15) is 0 Å². The number of aromatic nitrogens is 1. The molecule has 2 saturated heterocycles. The van der Waals surface area contributed by atoms with E-state index in [2.05, 4.69) is 50.3 Å². The van der Waals surface area contributed by atoms with Crippen LogP contribution in [0.3, 0.4) is 0 Å². The fourth-order valence-corrected chi connectivity index (χ4v) is 4.67. The van der Waals surface area contributed by atoms with Crippen LogP contribution in [0.2, 0.25) is 0 Å². The van der Waals surface area contributed by atoms with Gasteiger partial charge in [-0.1, -0.05) is 23.4 Å². The lowest BCUT2D eigenvalue weighted by Gasteiger charge is -2.36. The molecule has 32 heavy (non-hydrogen) atoms. The predicted molar refractivity (Wildman–Crippen MR) is 126 cm³/mol. The fraction of sp³-hybridized carbons (Fsp3) is 0.583. The second-order valence-corrected chi connectivity index (χ2v) is 8.45. The normalized spacial score (nSPS) is 19.3. The van der Waals surface area contributed by atoms with Gasteiger partial charge in [-0.15, -0.1) is 0 Å². The lowest BCUT2D eigenvalue weighted by Crippen LogP contribution is -2.52. The second-order valence-electron chi connectivity index (χ2n) is 8.45. The maximum Gasteiger partial charge on any atom is 0.194 e. The Morgan fingerprint density at radius 2 is 1.91 bits per heavy atom. The number of hydrogen-bond donors (Lipinski definition) is 1. The fourth-order valence-electron chi connectivity index (χ4n) is 4.67. The first-order valence-corrected chi connectivity index (χ1v) is 11.8. The van der Waals surface area contributed by atoms with Crippen molar-refractivity contribution in [2.75, 3.05) is 59.5 Å². The Kier molecular flexibility index (Phi) is 8.01. The van der Waals surface area contributed by atoms with Crippen molar-refractivity contribution in [1.82, 2.24) is 25.2 Å². The zero-order valence-corrected chi connectivity index (χ0v) is 19.4. The molecule has 8 heteroatoms. The molecule has 174 valence electrons. The maximum absolute atomic E-state index is 5.69. The van der Waals surface area contributed by atoms with Crippen LogP contribution in [-0.2, 0) is 6.54 Å². The summed E-state index contributed by atoms with van der Waals surface area (Å²) in [5, 5.41) is 7.56. The summed E-state index contributed by atoms with van der Waals surface area (Å²) < 4.78 is 10.7. The number of nitrogens with one attached hydrogen (secondary N) is 1. The third kappa shape index (κ3) is 5.61. The number of para-hydroxylation sites is 1. The Morgan fingerprint density at radius 3 is 2.59 bits per heavy atom. The van der Waals surface area contributed by atoms with Gasteiger partial charge in [-0.3, -0.25) is 14.8 Å². The summed E-state index contributed by atoms with van der Waals surface area (Å²) in [7, 11) is 1.76. The van der Waals surface area contributed by atoms with Gasteiger partial charge in [0.15, 0.2) is 5.96 Å². The molecule has 1 unspecified atom stereocenters. The van der Waals surface area contributed by atoms with E-state index in [0.29, 0.717) is 0 Å². The van der Waals surface area contributed by atoms with Crippen LogP contribution in [0.5, 0.6) is 5.75 Å². The van der Waals surface area contributed by atoms with E-state index in [0.717, 1.165) is 76.3 Å². The highest BCUT2D eigenvalue weighted by Gasteiger charge is 2.27. The predicted octanol–water partition coefficient (Wildman–Crippen LogP) is 2.60. The summed E-state index contributed by atoms with van der Waals surface area (Å²) in [5.74, 6) is 1.96. The smallest absolute Gasteiger partial charge is 0.194 e. The largest absolute Gasteiger partial charge is 0.496 e. The number of methoxy groups -OCH3 is 1. The molecule has 0 aliphatic carbocycles. The summed E-state index contributed by atoms with van der Waals surface area (Å²) in [6, 6.07) is 10.6. The topological polar surface area (TPSA) is 69.4 Å². The monoisotopic (exact) mass is 440 g/mol. The summed E-state index contributed by atoms with van der Waals surface area (Å²) in [6.45, 7) is 10.7. The van der Waals surface area contributed by atoms with Crippen LogP contribution in [0.1, 0.15) is 37.1 Å². The maximum atomic E-state index is 5.69. The Labute approximate surface area is 191 Å². The van der Waals surface area contributed by atoms with Crippen LogP contribution < -0.4 is 10.1 Å². The number of hydrogen-bond acceptors (Lipinski definition) is 6. The molecule has 0 saturated carbocycles. The van der Waals surface area contributed by atoms with Gasteiger partial charge in [0.1, 0.15) is 12.0 Å². The first kappa shape index (κ1) is 22.6. The number of rotatable bonds is 8. The highest BCUT2D eigenvalue weighted by atomic mass is 16.5. The van der Waals surface area contributed by atoms with Gasteiger partial charge in [0.2, 0.25) is 0 Å². The molecule has 3 heterocycles. The van der Waals surface area contributed by atoms with Crippen molar-refractivity contribution in [3.05, 3.63) is 47.9 Å². The molecule has 1 atom stereocenters. The minimum atomic E-state index is 0.232. The molecule has 8 nitrogen and oxygen atoms in total. The van der Waals surface area contributed by atoms with E-state index < -0.39 is 0 Å². The van der Waals surface area contributed by atoms with E-state index in [1.807, 2.05) is 12.1 Å². The van der Waals surface area contributed by atoms with E-state index in [9.17, 15) is 0 Å². The van der Waals surface area contributed by atoms with Gasteiger partial charge in [0, 0.05) is 50.9 Å². The quantitative estimate of drug-likeness (QED) is 0.500. The van der Waals surface area contributed by atoms with E-state index in [1.165, 1.54) is 18.4 Å². The number of ether oxygens (including phenoxy) is 1. The minimum Gasteiger partial charge on any atom is -0.496 e. The number of piperazine rings is 1. The Morgan fingerprint density at radius 1 is 1.12 bits per heavy atom. The Balaban J connectivity index is 1.44. The highest BCUT2D eigenvalue weighted by molar-refractivity contribution is 5.80. The molecule has 0 bridgehead atoms. The molecule has 0 spiro atoms. The van der Waals surface area contributed by atoms with Crippen LogP contribution in [0, 0.1) is 0 Å². The molecule has 2 aliphatic heterocycles. The number of nitrogens with zero attached hydrogens (tertiary/aromatic N) is 5. The van der Waals surface area contributed by atoms with Crippen molar-refractivity contribution in [2.45, 2.75) is 32.4 Å². The van der Waals surface area contributed by atoms with E-state index in [-0.39, 0.29) is 6.04 Å². The average Bonchev–Trinajstić information content (AvgIpc) is 3.54. The molecule has 1 aromatic carbocycles. The molecule has 0 radical (unpaired) electrons. The highest BCUT2D eigenvalue weighted by Crippen LogP contribution is 2.32. The molecule has 4 rings (SSSR count). The van der Waals surface area contributed by atoms with Crippen LogP contribution in [0.4, 0.5) is 0 Å². The first-order valence-electron chi connectivity index (χ1n) is 11.8. The van der Waals surface area contributed by atoms with E-state index >= 15 is 0 Å². The van der Waals surface area contributed by atoms with Gasteiger partial charge in [0.05, 0.1) is 25.4 Å². The van der Waals surface area contributed by atoms with Crippen molar-refractivity contribution >= 4 is 5.96 Å². The molecule has 0 amide bonds. The van der Waals surface area contributed by atoms with Crippen LogP contribution in [0.15, 0.2) is 46.1 Å². The first-order chi connectivity index (χ1) is 15.8. The number of likely N-dealkylation sites (tertiary alicyclic amines) is 1. The van der Waals surface area contributed by atoms with Crippen molar-refractivity contribution in [2.24, 2.45) is 4.99 Å². The van der Waals surface area contributed by atoms with Crippen LogP contribution in [0.25, 0.3) is 0 Å². The molecular formula is C24H36N6O2. The number of aliphatic imine (C=N–C) groups is 1.